The van der Waals surface area contributed by atoms with Crippen LogP contribution in [-0.4, -0.2) is 18.6 Å². The molecule has 0 aliphatic rings. The lowest BCUT2D eigenvalue weighted by molar-refractivity contribution is -0.119. The van der Waals surface area contributed by atoms with Crippen LogP contribution in [-0.2, 0) is 9.59 Å². The molecule has 1 aromatic carbocycles. The lowest BCUT2D eigenvalue weighted by Gasteiger charge is -2.01. The van der Waals surface area contributed by atoms with E-state index < -0.39 is 5.91 Å². The Morgan fingerprint density at radius 1 is 1.43 bits per heavy atom. The number of amides is 1. The van der Waals surface area contributed by atoms with E-state index in [4.69, 9.17) is 16.3 Å². The molecule has 0 fully saturated rings. The van der Waals surface area contributed by atoms with Crippen molar-refractivity contribution in [3.05, 3.63) is 29.3 Å². The minimum atomic E-state index is -0.671. The highest BCUT2D eigenvalue weighted by molar-refractivity contribution is 6.30. The Morgan fingerprint density at radius 3 is 2.64 bits per heavy atom. The van der Waals surface area contributed by atoms with Gasteiger partial charge in [0.2, 0.25) is 6.08 Å². The summed E-state index contributed by atoms with van der Waals surface area (Å²) in [4.78, 5) is 23.3. The Kier molecular flexibility index (Phi) is 3.85. The second-order valence-corrected chi connectivity index (χ2v) is 2.78. The van der Waals surface area contributed by atoms with E-state index in [1.165, 1.54) is 0 Å². The molecule has 0 atom stereocenters. The van der Waals surface area contributed by atoms with Crippen LogP contribution in [0.15, 0.2) is 29.3 Å². The van der Waals surface area contributed by atoms with Crippen molar-refractivity contribution in [3.63, 3.8) is 0 Å². The minimum Gasteiger partial charge on any atom is -0.484 e. The molecule has 5 heteroatoms. The molecule has 0 heterocycles. The van der Waals surface area contributed by atoms with E-state index in [0.29, 0.717) is 10.8 Å². The Bertz CT molecular complexity index is 368. The first kappa shape index (κ1) is 10.4. The molecule has 0 N–H and O–H groups in total. The van der Waals surface area contributed by atoms with Crippen molar-refractivity contribution >= 4 is 23.6 Å². The number of carbonyl (C=O) groups excluding carboxylic acids is 2. The predicted molar refractivity (Wildman–Crippen MR) is 50.1 cm³/mol. The molecule has 0 unspecified atom stereocenters. The van der Waals surface area contributed by atoms with Crippen molar-refractivity contribution in [1.29, 1.82) is 0 Å². The molecule has 0 aliphatic heterocycles. The molecule has 0 bridgehead atoms. The standard InChI is InChI=1S/C9H6ClNO3/c10-7-1-3-8(4-2-7)14-5-9(13)11-6-12/h1-4H,5H2. The summed E-state index contributed by atoms with van der Waals surface area (Å²) in [7, 11) is 0. The Morgan fingerprint density at radius 2 is 2.07 bits per heavy atom. The maximum atomic E-state index is 10.7. The zero-order chi connectivity index (χ0) is 10.4. The second kappa shape index (κ2) is 5.17. The van der Waals surface area contributed by atoms with Gasteiger partial charge in [-0.25, -0.2) is 4.79 Å². The summed E-state index contributed by atoms with van der Waals surface area (Å²) in [5.74, 6) is -0.182. The Hall–Kier alpha value is -1.64. The molecule has 0 saturated carbocycles. The monoisotopic (exact) mass is 211 g/mol. The van der Waals surface area contributed by atoms with E-state index in [1.807, 2.05) is 0 Å². The molecular formula is C9H6ClNO3. The molecule has 1 rings (SSSR count). The molecule has 0 radical (unpaired) electrons. The predicted octanol–water partition coefficient (Wildman–Crippen LogP) is 1.58. The van der Waals surface area contributed by atoms with E-state index in [1.54, 1.807) is 24.3 Å². The van der Waals surface area contributed by atoms with E-state index in [9.17, 15) is 9.59 Å². The third-order valence-corrected chi connectivity index (χ3v) is 1.60. The number of carbonyl (C=O) groups is 1. The van der Waals surface area contributed by atoms with Crippen molar-refractivity contribution in [2.45, 2.75) is 0 Å². The maximum absolute atomic E-state index is 10.7. The van der Waals surface area contributed by atoms with Gasteiger partial charge >= 0.3 is 0 Å². The molecule has 1 amide bonds. The zero-order valence-corrected chi connectivity index (χ0v) is 7.82. The van der Waals surface area contributed by atoms with Crippen LogP contribution in [0, 0.1) is 0 Å². The third kappa shape index (κ3) is 3.39. The SMILES string of the molecule is O=C=NC(=O)COc1ccc(Cl)cc1. The van der Waals surface area contributed by atoms with Gasteiger partial charge < -0.3 is 4.74 Å². The van der Waals surface area contributed by atoms with Crippen LogP contribution >= 0.6 is 11.6 Å². The molecule has 0 spiro atoms. The average molecular weight is 212 g/mol. The molecule has 0 saturated heterocycles. The first-order chi connectivity index (χ1) is 6.72. The van der Waals surface area contributed by atoms with Gasteiger partial charge in [-0.15, -0.1) is 4.99 Å². The fraction of sp³-hybridized carbons (Fsp3) is 0.111. The second-order valence-electron chi connectivity index (χ2n) is 2.34. The molecule has 1 aromatic rings. The molecular weight excluding hydrogens is 206 g/mol. The number of halogens is 1. The van der Waals surface area contributed by atoms with Crippen LogP contribution in [0.5, 0.6) is 5.75 Å². The van der Waals surface area contributed by atoms with Crippen LogP contribution in [0.2, 0.25) is 5.02 Å². The van der Waals surface area contributed by atoms with Crippen LogP contribution in [0.3, 0.4) is 0 Å². The summed E-state index contributed by atoms with van der Waals surface area (Å²) in [6.07, 6.45) is 1.14. The normalized spacial score (nSPS) is 8.93. The lowest BCUT2D eigenvalue weighted by Crippen LogP contribution is -2.07. The number of ether oxygens (including phenoxy) is 1. The average Bonchev–Trinajstić information content (AvgIpc) is 2.17. The van der Waals surface area contributed by atoms with Crippen LogP contribution in [0.1, 0.15) is 0 Å². The van der Waals surface area contributed by atoms with Crippen LogP contribution in [0.4, 0.5) is 0 Å². The van der Waals surface area contributed by atoms with E-state index in [0.717, 1.165) is 6.08 Å². The van der Waals surface area contributed by atoms with Gasteiger partial charge in [0.25, 0.3) is 5.91 Å². The van der Waals surface area contributed by atoms with Crippen molar-refractivity contribution < 1.29 is 14.3 Å². The van der Waals surface area contributed by atoms with Gasteiger partial charge in [-0.05, 0) is 24.3 Å². The molecule has 4 nitrogen and oxygen atoms in total. The fourth-order valence-electron chi connectivity index (χ4n) is 0.759. The van der Waals surface area contributed by atoms with Crippen LogP contribution in [0.25, 0.3) is 0 Å². The number of rotatable bonds is 3. The first-order valence-corrected chi connectivity index (χ1v) is 4.09. The Balaban J connectivity index is 2.49. The Labute approximate surface area is 85.2 Å². The summed E-state index contributed by atoms with van der Waals surface area (Å²) < 4.78 is 4.99. The molecule has 72 valence electrons. The number of hydrogen-bond acceptors (Lipinski definition) is 3. The van der Waals surface area contributed by atoms with Gasteiger partial charge in [-0.2, -0.15) is 0 Å². The van der Waals surface area contributed by atoms with Gasteiger partial charge in [0.15, 0.2) is 6.61 Å². The summed E-state index contributed by atoms with van der Waals surface area (Å²) in [5.41, 5.74) is 0. The lowest BCUT2D eigenvalue weighted by atomic mass is 10.3. The first-order valence-electron chi connectivity index (χ1n) is 3.71. The smallest absolute Gasteiger partial charge is 0.294 e. The van der Waals surface area contributed by atoms with Gasteiger partial charge in [-0.1, -0.05) is 11.6 Å². The molecule has 0 aliphatic carbocycles. The van der Waals surface area contributed by atoms with E-state index >= 15 is 0 Å². The number of hydrogen-bond donors (Lipinski definition) is 0. The van der Waals surface area contributed by atoms with Crippen molar-refractivity contribution in [3.8, 4) is 5.75 Å². The highest BCUT2D eigenvalue weighted by Crippen LogP contribution is 2.15. The van der Waals surface area contributed by atoms with Gasteiger partial charge in [0.1, 0.15) is 5.75 Å². The molecule has 0 aromatic heterocycles. The fourth-order valence-corrected chi connectivity index (χ4v) is 0.885. The number of aliphatic imine (C=N–C) groups is 1. The quantitative estimate of drug-likeness (QED) is 0.564. The largest absolute Gasteiger partial charge is 0.484 e. The van der Waals surface area contributed by atoms with Gasteiger partial charge in [-0.3, -0.25) is 4.79 Å². The minimum absolute atomic E-state index is 0.281. The topological polar surface area (TPSA) is 55.7 Å². The maximum Gasteiger partial charge on any atom is 0.294 e. The summed E-state index contributed by atoms with van der Waals surface area (Å²) in [6.45, 7) is -0.281. The highest BCUT2D eigenvalue weighted by atomic mass is 35.5. The van der Waals surface area contributed by atoms with Crippen molar-refractivity contribution in [2.75, 3.05) is 6.61 Å². The van der Waals surface area contributed by atoms with E-state index in [-0.39, 0.29) is 6.61 Å². The van der Waals surface area contributed by atoms with Gasteiger partial charge in [0.05, 0.1) is 0 Å². The molecule has 14 heavy (non-hydrogen) atoms. The summed E-state index contributed by atoms with van der Waals surface area (Å²) in [5, 5.41) is 0.578. The summed E-state index contributed by atoms with van der Waals surface area (Å²) in [6, 6.07) is 6.48. The van der Waals surface area contributed by atoms with Crippen molar-refractivity contribution in [1.82, 2.24) is 0 Å². The zero-order valence-electron chi connectivity index (χ0n) is 7.07. The van der Waals surface area contributed by atoms with E-state index in [2.05, 4.69) is 4.99 Å². The van der Waals surface area contributed by atoms with Crippen LogP contribution < -0.4 is 4.74 Å². The number of nitrogens with zero attached hydrogens (tertiary/aromatic N) is 1. The number of benzene rings is 1. The van der Waals surface area contributed by atoms with Crippen molar-refractivity contribution in [2.24, 2.45) is 4.99 Å². The highest BCUT2D eigenvalue weighted by Gasteiger charge is 2.00. The summed E-state index contributed by atoms with van der Waals surface area (Å²) >= 11 is 5.63. The van der Waals surface area contributed by atoms with Gasteiger partial charge in [0, 0.05) is 5.02 Å². The third-order valence-electron chi connectivity index (χ3n) is 1.35. The number of isocyanates is 1.